The van der Waals surface area contributed by atoms with E-state index in [1.807, 2.05) is 0 Å². The molecule has 0 spiro atoms. The van der Waals surface area contributed by atoms with E-state index >= 15 is 0 Å². The average molecular weight is 432 g/mol. The van der Waals surface area contributed by atoms with Crippen LogP contribution in [0.25, 0.3) is 0 Å². The largest absolute Gasteiger partial charge is 0.497 e. The Labute approximate surface area is 184 Å². The van der Waals surface area contributed by atoms with Crippen molar-refractivity contribution in [1.82, 2.24) is 0 Å². The third-order valence-corrected chi connectivity index (χ3v) is 4.27. The maximum Gasteiger partial charge on any atom is 0.343 e. The predicted molar refractivity (Wildman–Crippen MR) is 116 cm³/mol. The van der Waals surface area contributed by atoms with Crippen LogP contribution in [0.3, 0.4) is 0 Å². The van der Waals surface area contributed by atoms with Gasteiger partial charge in [0.05, 0.1) is 18.2 Å². The van der Waals surface area contributed by atoms with E-state index in [-0.39, 0.29) is 18.1 Å². The Hall–Kier alpha value is -4.39. The van der Waals surface area contributed by atoms with Crippen LogP contribution >= 0.6 is 0 Å². The second kappa shape index (κ2) is 10.6. The molecule has 0 unspecified atom stereocenters. The van der Waals surface area contributed by atoms with Gasteiger partial charge < -0.3 is 18.9 Å². The summed E-state index contributed by atoms with van der Waals surface area (Å²) < 4.78 is 21.0. The van der Waals surface area contributed by atoms with Gasteiger partial charge in [-0.2, -0.15) is 0 Å². The van der Waals surface area contributed by atoms with Gasteiger partial charge in [0.2, 0.25) is 0 Å². The van der Waals surface area contributed by atoms with Gasteiger partial charge in [-0.25, -0.2) is 9.59 Å². The molecule has 0 saturated carbocycles. The first kappa shape index (κ1) is 22.3. The SMILES string of the molecule is C=CC(=O)COc1ccc(C(=O)Oc2ccc(OC(=O)c3ccc(OC)cc3)cc2)cc1. The zero-order valence-electron chi connectivity index (χ0n) is 17.3. The molecule has 0 N–H and O–H groups in total. The predicted octanol–water partition coefficient (Wildman–Crippen LogP) is 4.27. The molecule has 3 rings (SSSR count). The van der Waals surface area contributed by atoms with Gasteiger partial charge in [-0.1, -0.05) is 6.58 Å². The number of rotatable bonds is 9. The van der Waals surface area contributed by atoms with Gasteiger partial charge in [-0.15, -0.1) is 0 Å². The first-order valence-corrected chi connectivity index (χ1v) is 9.55. The summed E-state index contributed by atoms with van der Waals surface area (Å²) in [5.74, 6) is 0.345. The molecule has 3 aromatic carbocycles. The normalized spacial score (nSPS) is 10.0. The Bertz CT molecular complexity index is 1100. The Morgan fingerprint density at radius 3 is 1.50 bits per heavy atom. The highest BCUT2D eigenvalue weighted by molar-refractivity contribution is 5.92. The molecule has 7 heteroatoms. The number of carbonyl (C=O) groups is 3. The molecule has 32 heavy (non-hydrogen) atoms. The highest BCUT2D eigenvalue weighted by atomic mass is 16.5. The molecule has 0 fully saturated rings. The molecule has 7 nitrogen and oxygen atoms in total. The van der Waals surface area contributed by atoms with E-state index in [1.165, 1.54) is 42.5 Å². The number of benzene rings is 3. The summed E-state index contributed by atoms with van der Waals surface area (Å²) in [5.41, 5.74) is 0.685. The van der Waals surface area contributed by atoms with Crippen LogP contribution in [0.1, 0.15) is 20.7 Å². The molecular weight excluding hydrogens is 412 g/mol. The first-order chi connectivity index (χ1) is 15.5. The van der Waals surface area contributed by atoms with Gasteiger partial charge in [0, 0.05) is 0 Å². The van der Waals surface area contributed by atoms with Crippen LogP contribution < -0.4 is 18.9 Å². The number of ether oxygens (including phenoxy) is 4. The lowest BCUT2D eigenvalue weighted by Gasteiger charge is -2.08. The molecule has 0 aliphatic heterocycles. The van der Waals surface area contributed by atoms with Gasteiger partial charge in [0.1, 0.15) is 23.0 Å². The van der Waals surface area contributed by atoms with E-state index < -0.39 is 11.9 Å². The van der Waals surface area contributed by atoms with Gasteiger partial charge >= 0.3 is 11.9 Å². The fourth-order valence-corrected chi connectivity index (χ4v) is 2.54. The molecule has 0 heterocycles. The fourth-order valence-electron chi connectivity index (χ4n) is 2.54. The molecule has 0 saturated heterocycles. The van der Waals surface area contributed by atoms with Crippen LogP contribution in [-0.4, -0.2) is 31.4 Å². The highest BCUT2D eigenvalue weighted by Crippen LogP contribution is 2.21. The summed E-state index contributed by atoms with van der Waals surface area (Å²) in [4.78, 5) is 35.7. The van der Waals surface area contributed by atoms with Crippen molar-refractivity contribution in [3.8, 4) is 23.0 Å². The lowest BCUT2D eigenvalue weighted by molar-refractivity contribution is -0.116. The van der Waals surface area contributed by atoms with Crippen LogP contribution in [0.2, 0.25) is 0 Å². The third kappa shape index (κ3) is 6.06. The lowest BCUT2D eigenvalue weighted by Crippen LogP contribution is -2.10. The van der Waals surface area contributed by atoms with Crippen molar-refractivity contribution in [1.29, 1.82) is 0 Å². The zero-order chi connectivity index (χ0) is 22.9. The van der Waals surface area contributed by atoms with Crippen LogP contribution in [0.15, 0.2) is 85.5 Å². The molecule has 3 aromatic rings. The Kier molecular flexibility index (Phi) is 7.37. The van der Waals surface area contributed by atoms with Crippen molar-refractivity contribution in [2.75, 3.05) is 13.7 Å². The molecule has 0 amide bonds. The van der Waals surface area contributed by atoms with Crippen molar-refractivity contribution in [2.24, 2.45) is 0 Å². The zero-order valence-corrected chi connectivity index (χ0v) is 17.3. The van der Waals surface area contributed by atoms with E-state index in [9.17, 15) is 14.4 Å². The minimum Gasteiger partial charge on any atom is -0.497 e. The van der Waals surface area contributed by atoms with Crippen molar-refractivity contribution in [3.63, 3.8) is 0 Å². The number of hydrogen-bond donors (Lipinski definition) is 0. The standard InChI is InChI=1S/C25H20O7/c1-3-19(26)16-30-21-10-6-18(7-11-21)25(28)32-23-14-12-22(13-15-23)31-24(27)17-4-8-20(29-2)9-5-17/h3-15H,1,16H2,2H3. The molecule has 162 valence electrons. The summed E-state index contributed by atoms with van der Waals surface area (Å²) in [6.45, 7) is 3.25. The molecule has 0 radical (unpaired) electrons. The molecule has 0 bridgehead atoms. The number of methoxy groups -OCH3 is 1. The summed E-state index contributed by atoms with van der Waals surface area (Å²) >= 11 is 0. The molecule has 0 aromatic heterocycles. The van der Waals surface area contributed by atoms with Crippen molar-refractivity contribution >= 4 is 17.7 Å². The Morgan fingerprint density at radius 2 is 1.09 bits per heavy atom. The van der Waals surface area contributed by atoms with Crippen LogP contribution in [0.4, 0.5) is 0 Å². The molecule has 0 aliphatic carbocycles. The van der Waals surface area contributed by atoms with E-state index in [1.54, 1.807) is 43.5 Å². The summed E-state index contributed by atoms with van der Waals surface area (Å²) in [5, 5.41) is 0. The van der Waals surface area contributed by atoms with E-state index in [4.69, 9.17) is 18.9 Å². The monoisotopic (exact) mass is 432 g/mol. The second-order valence-corrected chi connectivity index (χ2v) is 6.46. The highest BCUT2D eigenvalue weighted by Gasteiger charge is 2.11. The summed E-state index contributed by atoms with van der Waals surface area (Å²) in [6.07, 6.45) is 1.18. The maximum atomic E-state index is 12.3. The van der Waals surface area contributed by atoms with Crippen molar-refractivity contribution < 1.29 is 33.3 Å². The van der Waals surface area contributed by atoms with Crippen molar-refractivity contribution in [2.45, 2.75) is 0 Å². The van der Waals surface area contributed by atoms with E-state index in [2.05, 4.69) is 6.58 Å². The third-order valence-electron chi connectivity index (χ3n) is 4.27. The van der Waals surface area contributed by atoms with E-state index in [0.29, 0.717) is 28.4 Å². The second-order valence-electron chi connectivity index (χ2n) is 6.46. The molecular formula is C25H20O7. The maximum absolute atomic E-state index is 12.3. The lowest BCUT2D eigenvalue weighted by atomic mass is 10.2. The number of esters is 2. The van der Waals surface area contributed by atoms with Gasteiger partial charge in [0.15, 0.2) is 12.4 Å². The quantitative estimate of drug-likeness (QED) is 0.283. The Balaban J connectivity index is 1.55. The Morgan fingerprint density at radius 1 is 0.688 bits per heavy atom. The summed E-state index contributed by atoms with van der Waals surface area (Å²) in [6, 6.07) is 18.8. The van der Waals surface area contributed by atoms with Crippen LogP contribution in [0, 0.1) is 0 Å². The van der Waals surface area contributed by atoms with Crippen LogP contribution in [-0.2, 0) is 4.79 Å². The topological polar surface area (TPSA) is 88.1 Å². The van der Waals surface area contributed by atoms with Gasteiger partial charge in [0.25, 0.3) is 0 Å². The smallest absolute Gasteiger partial charge is 0.343 e. The number of hydrogen-bond acceptors (Lipinski definition) is 7. The minimum atomic E-state index is -0.568. The van der Waals surface area contributed by atoms with Crippen molar-refractivity contribution in [3.05, 3.63) is 96.6 Å². The van der Waals surface area contributed by atoms with Crippen LogP contribution in [0.5, 0.6) is 23.0 Å². The van der Waals surface area contributed by atoms with E-state index in [0.717, 1.165) is 0 Å². The first-order valence-electron chi connectivity index (χ1n) is 9.55. The van der Waals surface area contributed by atoms with Gasteiger partial charge in [-0.05, 0) is 78.9 Å². The summed E-state index contributed by atoms with van der Waals surface area (Å²) in [7, 11) is 1.54. The minimum absolute atomic E-state index is 0.122. The average Bonchev–Trinajstić information content (AvgIpc) is 2.84. The molecule has 0 atom stereocenters. The number of carbonyl (C=O) groups excluding carboxylic acids is 3. The number of ketones is 1. The molecule has 0 aliphatic rings. The van der Waals surface area contributed by atoms with Gasteiger partial charge in [-0.3, -0.25) is 4.79 Å². The fraction of sp³-hybridized carbons (Fsp3) is 0.0800.